The van der Waals surface area contributed by atoms with Crippen LogP contribution in [0.3, 0.4) is 0 Å². The molecule has 5 nitrogen and oxygen atoms in total. The van der Waals surface area contributed by atoms with Gasteiger partial charge in [0.15, 0.2) is 5.78 Å². The second kappa shape index (κ2) is 8.14. The third-order valence-electron chi connectivity index (χ3n) is 13.4. The molecule has 0 aromatic heterocycles. The summed E-state index contributed by atoms with van der Waals surface area (Å²) in [5.41, 5.74) is -0.808. The summed E-state index contributed by atoms with van der Waals surface area (Å²) in [6, 6.07) is 4.67. The second-order valence-corrected chi connectivity index (χ2v) is 15.7. The maximum absolute atomic E-state index is 14.5. The van der Waals surface area contributed by atoms with Crippen molar-refractivity contribution < 1.29 is 9.59 Å². The van der Waals surface area contributed by atoms with Crippen LogP contribution in [0.4, 0.5) is 0 Å². The quantitative estimate of drug-likeness (QED) is 0.449. The summed E-state index contributed by atoms with van der Waals surface area (Å²) in [4.78, 5) is 27.8. The fraction of sp³-hybridized carbons (Fsp3) is 0.875. The highest BCUT2D eigenvalue weighted by molar-refractivity contribution is 5.90. The predicted molar refractivity (Wildman–Crippen MR) is 143 cm³/mol. The molecule has 37 heavy (non-hydrogen) atoms. The van der Waals surface area contributed by atoms with Crippen molar-refractivity contribution in [2.45, 2.75) is 112 Å². The second-order valence-electron chi connectivity index (χ2n) is 15.7. The highest BCUT2D eigenvalue weighted by Crippen LogP contribution is 2.75. The van der Waals surface area contributed by atoms with Crippen molar-refractivity contribution in [1.29, 1.82) is 10.5 Å². The summed E-state index contributed by atoms with van der Waals surface area (Å²) >= 11 is 0. The average molecular weight is 506 g/mol. The molecule has 0 saturated heterocycles. The maximum Gasteiger partial charge on any atom is 0.155 e. The highest BCUT2D eigenvalue weighted by Gasteiger charge is 2.72. The minimum Gasteiger partial charge on any atom is -0.299 e. The van der Waals surface area contributed by atoms with Crippen molar-refractivity contribution in [3.05, 3.63) is 0 Å². The maximum atomic E-state index is 14.5. The van der Waals surface area contributed by atoms with Crippen molar-refractivity contribution in [3.63, 3.8) is 0 Å². The SMILES string of the molecule is CC1(C)CC[C@]2(NCC#N)CC[C@]3(C)C(C(=O)CC4[C@@]5(C)CC(C#N)C(=O)C(C)(C)[C@@H]5CC[C@]43C)C2C1. The zero-order chi connectivity index (χ0) is 27.2. The van der Waals surface area contributed by atoms with Gasteiger partial charge in [0.25, 0.3) is 0 Å². The third-order valence-corrected chi connectivity index (χ3v) is 13.4. The van der Waals surface area contributed by atoms with Gasteiger partial charge in [-0.3, -0.25) is 14.9 Å². The van der Waals surface area contributed by atoms with E-state index < -0.39 is 11.3 Å². The number of nitrogens with one attached hydrogen (secondary N) is 1. The van der Waals surface area contributed by atoms with Crippen LogP contribution in [-0.4, -0.2) is 23.7 Å². The van der Waals surface area contributed by atoms with E-state index >= 15 is 0 Å². The Kier molecular flexibility index (Phi) is 5.91. The standard InChI is InChI=1S/C32H47N3O2/c1-27(2)10-12-32(35-15-14-33)13-11-31(7)25(21(32)18-27)22(36)16-24-29(5)17-20(19-34)26(37)28(3,4)23(29)8-9-30(24,31)6/h20-21,23-25,35H,8-13,15-18H2,1-7H3/t20?,21?,23-,24?,25?,29-,30+,31+,32-/m0/s1. The number of rotatable bonds is 2. The van der Waals surface area contributed by atoms with Crippen molar-refractivity contribution in [2.75, 3.05) is 6.54 Å². The molecule has 5 saturated carbocycles. The van der Waals surface area contributed by atoms with Gasteiger partial charge in [-0.2, -0.15) is 10.5 Å². The summed E-state index contributed by atoms with van der Waals surface area (Å²) < 4.78 is 0. The van der Waals surface area contributed by atoms with Gasteiger partial charge in [-0.25, -0.2) is 0 Å². The molecule has 0 spiro atoms. The zero-order valence-corrected chi connectivity index (χ0v) is 24.2. The molecule has 4 unspecified atom stereocenters. The lowest BCUT2D eigenvalue weighted by Gasteiger charge is -2.72. The molecule has 9 atom stereocenters. The molecule has 0 aromatic carbocycles. The lowest BCUT2D eigenvalue weighted by molar-refractivity contribution is -0.230. The first-order valence-corrected chi connectivity index (χ1v) is 14.7. The summed E-state index contributed by atoms with van der Waals surface area (Å²) in [6.45, 7) is 16.3. The number of carbonyl (C=O) groups excluding carboxylic acids is 2. The first-order valence-electron chi connectivity index (χ1n) is 14.7. The number of nitriles is 2. The number of Topliss-reactive ketones (excluding diaryl/α,β-unsaturated/α-hetero) is 2. The number of carbonyl (C=O) groups is 2. The Morgan fingerprint density at radius 3 is 2.19 bits per heavy atom. The Bertz CT molecular complexity index is 1100. The first-order chi connectivity index (χ1) is 17.1. The van der Waals surface area contributed by atoms with Crippen LogP contribution in [-0.2, 0) is 9.59 Å². The number of ketones is 2. The monoisotopic (exact) mass is 505 g/mol. The molecule has 5 rings (SSSR count). The molecular weight excluding hydrogens is 458 g/mol. The van der Waals surface area contributed by atoms with Crippen LogP contribution in [0.25, 0.3) is 0 Å². The van der Waals surface area contributed by atoms with E-state index in [9.17, 15) is 20.1 Å². The van der Waals surface area contributed by atoms with E-state index in [4.69, 9.17) is 0 Å². The summed E-state index contributed by atoms with van der Waals surface area (Å²) in [7, 11) is 0. The van der Waals surface area contributed by atoms with Gasteiger partial charge in [-0.15, -0.1) is 0 Å². The Hall–Kier alpha value is -1.72. The summed E-state index contributed by atoms with van der Waals surface area (Å²) in [6.07, 6.45) is 8.39. The largest absolute Gasteiger partial charge is 0.299 e. The Balaban J connectivity index is 1.59. The van der Waals surface area contributed by atoms with E-state index in [1.807, 2.05) is 0 Å². The summed E-state index contributed by atoms with van der Waals surface area (Å²) in [5.74, 6) is 0.563. The molecule has 1 N–H and O–H groups in total. The van der Waals surface area contributed by atoms with Crippen molar-refractivity contribution in [2.24, 2.45) is 56.7 Å². The molecule has 0 aromatic rings. The lowest BCUT2D eigenvalue weighted by Crippen LogP contribution is -2.72. The molecule has 5 heteroatoms. The molecule has 0 aliphatic heterocycles. The van der Waals surface area contributed by atoms with Gasteiger partial charge < -0.3 is 0 Å². The van der Waals surface area contributed by atoms with Crippen molar-refractivity contribution in [3.8, 4) is 12.1 Å². The van der Waals surface area contributed by atoms with Gasteiger partial charge in [0.2, 0.25) is 0 Å². The molecule has 202 valence electrons. The van der Waals surface area contributed by atoms with Crippen LogP contribution >= 0.6 is 0 Å². The molecule has 0 heterocycles. The van der Waals surface area contributed by atoms with Crippen LogP contribution in [0.15, 0.2) is 0 Å². The van der Waals surface area contributed by atoms with Crippen LogP contribution in [0.1, 0.15) is 106 Å². The van der Waals surface area contributed by atoms with E-state index in [0.717, 1.165) is 44.9 Å². The highest BCUT2D eigenvalue weighted by atomic mass is 16.1. The predicted octanol–water partition coefficient (Wildman–Crippen LogP) is 6.23. The molecule has 5 fully saturated rings. The van der Waals surface area contributed by atoms with Gasteiger partial charge >= 0.3 is 0 Å². The van der Waals surface area contributed by atoms with E-state index in [0.29, 0.717) is 25.2 Å². The Labute approximate surface area is 224 Å². The minimum atomic E-state index is -0.576. The summed E-state index contributed by atoms with van der Waals surface area (Å²) in [5, 5.41) is 23.1. The number of fused-ring (bicyclic) bond motifs is 7. The van der Waals surface area contributed by atoms with Crippen LogP contribution in [0.5, 0.6) is 0 Å². The lowest BCUT2D eigenvalue weighted by atomic mass is 9.31. The van der Waals surface area contributed by atoms with E-state index in [1.54, 1.807) is 0 Å². The molecule has 5 aliphatic rings. The molecule has 5 aliphatic carbocycles. The topological polar surface area (TPSA) is 93.8 Å². The van der Waals surface area contributed by atoms with Gasteiger partial charge in [-0.1, -0.05) is 48.5 Å². The Morgan fingerprint density at radius 2 is 1.54 bits per heavy atom. The Morgan fingerprint density at radius 1 is 0.865 bits per heavy atom. The van der Waals surface area contributed by atoms with Crippen LogP contribution in [0.2, 0.25) is 0 Å². The molecule has 0 bridgehead atoms. The van der Waals surface area contributed by atoms with Gasteiger partial charge in [-0.05, 0) is 90.8 Å². The fourth-order valence-corrected chi connectivity index (χ4v) is 11.3. The van der Waals surface area contributed by atoms with Crippen LogP contribution < -0.4 is 5.32 Å². The van der Waals surface area contributed by atoms with E-state index in [-0.39, 0.29) is 56.7 Å². The molecule has 0 amide bonds. The minimum absolute atomic E-state index is 0.00147. The number of nitrogens with zero attached hydrogens (tertiary/aromatic N) is 2. The van der Waals surface area contributed by atoms with Gasteiger partial charge in [0, 0.05) is 23.3 Å². The third kappa shape index (κ3) is 3.41. The number of hydrogen-bond acceptors (Lipinski definition) is 5. The van der Waals surface area contributed by atoms with Gasteiger partial charge in [0.05, 0.1) is 18.7 Å². The smallest absolute Gasteiger partial charge is 0.155 e. The molecule has 0 radical (unpaired) electrons. The van der Waals surface area contributed by atoms with E-state index in [1.165, 1.54) is 0 Å². The normalized spacial score (nSPS) is 49.9. The fourth-order valence-electron chi connectivity index (χ4n) is 11.3. The first kappa shape index (κ1) is 26.9. The van der Waals surface area contributed by atoms with E-state index in [2.05, 4.69) is 65.9 Å². The van der Waals surface area contributed by atoms with Crippen LogP contribution in [0, 0.1) is 79.3 Å². The average Bonchev–Trinajstić information content (AvgIpc) is 2.82. The molecular formula is C32H47N3O2. The van der Waals surface area contributed by atoms with Crippen molar-refractivity contribution >= 4 is 11.6 Å². The van der Waals surface area contributed by atoms with Gasteiger partial charge in [0.1, 0.15) is 11.7 Å². The van der Waals surface area contributed by atoms with Crippen molar-refractivity contribution in [1.82, 2.24) is 5.32 Å². The number of hydrogen-bond donors (Lipinski definition) is 1. The zero-order valence-electron chi connectivity index (χ0n) is 24.2.